The van der Waals surface area contributed by atoms with Crippen molar-refractivity contribution in [2.75, 3.05) is 18.6 Å². The van der Waals surface area contributed by atoms with Crippen LogP contribution in [-0.4, -0.2) is 43.7 Å². The van der Waals surface area contributed by atoms with Gasteiger partial charge in [0.15, 0.2) is 0 Å². The Bertz CT molecular complexity index is 1560. The van der Waals surface area contributed by atoms with Crippen molar-refractivity contribution in [1.82, 2.24) is 0 Å². The molecule has 0 fully saturated rings. The average molecular weight is 577 g/mol. The second-order valence-electron chi connectivity index (χ2n) is 10.9. The molecule has 0 radical (unpaired) electrons. The van der Waals surface area contributed by atoms with Crippen molar-refractivity contribution in [2.24, 2.45) is 0 Å². The predicted molar refractivity (Wildman–Crippen MR) is 159 cm³/mol. The zero-order valence-corrected chi connectivity index (χ0v) is 24.7. The molecule has 0 bridgehead atoms. The van der Waals surface area contributed by atoms with E-state index in [0.717, 1.165) is 33.6 Å². The Morgan fingerprint density at radius 3 is 2.44 bits per heavy atom. The number of sulfone groups is 1. The van der Waals surface area contributed by atoms with Crippen LogP contribution in [0.1, 0.15) is 56.2 Å². The van der Waals surface area contributed by atoms with Crippen molar-refractivity contribution in [2.45, 2.75) is 58.2 Å². The summed E-state index contributed by atoms with van der Waals surface area (Å²) in [5.74, 6) is 6.80. The van der Waals surface area contributed by atoms with E-state index in [9.17, 15) is 18.3 Å². The lowest BCUT2D eigenvalue weighted by atomic mass is 9.92. The molecule has 0 saturated heterocycles. The van der Waals surface area contributed by atoms with E-state index in [4.69, 9.17) is 14.2 Å². The number of carboxylic acid groups (broad SMARTS) is 1. The van der Waals surface area contributed by atoms with Crippen molar-refractivity contribution < 1.29 is 32.5 Å². The summed E-state index contributed by atoms with van der Waals surface area (Å²) in [5, 5.41) is 9.18. The highest BCUT2D eigenvalue weighted by Gasteiger charge is 2.28. The molecule has 0 aliphatic carbocycles. The molecular weight excluding hydrogens is 540 g/mol. The third kappa shape index (κ3) is 8.51. The zero-order valence-electron chi connectivity index (χ0n) is 23.9. The molecule has 0 aromatic heterocycles. The minimum Gasteiger partial charge on any atom is -0.494 e. The Labute approximate surface area is 242 Å². The number of benzene rings is 3. The topological polar surface area (TPSA) is 99.1 Å². The standard InChI is InChI=1S/C33H36O7S/c1-5-7-25(20-32(34)35)24-9-11-27(12-10-24)39-22-23-8-15-31-30(18-23)29-14-13-28(38-16-6-17-41(4,36)37)19-26(29)21-33(2,3)40-31/h8-15,18-19,25H,6,16-17,20-22H2,1-4H3,(H,34,35)/t25-/m0/s1. The molecule has 3 aromatic carbocycles. The molecule has 1 heterocycles. The summed E-state index contributed by atoms with van der Waals surface area (Å²) in [6.45, 7) is 6.49. The van der Waals surface area contributed by atoms with Crippen LogP contribution in [0.5, 0.6) is 17.2 Å². The van der Waals surface area contributed by atoms with E-state index in [-0.39, 0.29) is 18.1 Å². The van der Waals surface area contributed by atoms with Gasteiger partial charge in [0.25, 0.3) is 0 Å². The molecule has 0 saturated carbocycles. The van der Waals surface area contributed by atoms with Crippen LogP contribution < -0.4 is 14.2 Å². The second-order valence-corrected chi connectivity index (χ2v) is 13.2. The van der Waals surface area contributed by atoms with Crippen LogP contribution in [0, 0.1) is 11.8 Å². The summed E-state index contributed by atoms with van der Waals surface area (Å²) < 4.78 is 41.1. The molecule has 4 rings (SSSR count). The predicted octanol–water partition coefficient (Wildman–Crippen LogP) is 6.04. The van der Waals surface area contributed by atoms with E-state index in [0.29, 0.717) is 37.6 Å². The van der Waals surface area contributed by atoms with E-state index >= 15 is 0 Å². The lowest BCUT2D eigenvalue weighted by molar-refractivity contribution is -0.137. The maximum absolute atomic E-state index is 11.4. The zero-order chi connectivity index (χ0) is 29.6. The number of ether oxygens (including phenoxy) is 3. The van der Waals surface area contributed by atoms with Crippen LogP contribution >= 0.6 is 0 Å². The summed E-state index contributed by atoms with van der Waals surface area (Å²) in [4.78, 5) is 11.2. The molecule has 0 spiro atoms. The van der Waals surface area contributed by atoms with Crippen LogP contribution in [0.3, 0.4) is 0 Å². The highest BCUT2D eigenvalue weighted by atomic mass is 32.2. The minimum atomic E-state index is -3.02. The first-order valence-corrected chi connectivity index (χ1v) is 15.6. The molecule has 1 aliphatic rings. The largest absolute Gasteiger partial charge is 0.494 e. The second kappa shape index (κ2) is 12.7. The summed E-state index contributed by atoms with van der Waals surface area (Å²) >= 11 is 0. The van der Waals surface area contributed by atoms with Gasteiger partial charge in [-0.25, -0.2) is 8.42 Å². The molecule has 41 heavy (non-hydrogen) atoms. The first kappa shape index (κ1) is 30.0. The summed E-state index contributed by atoms with van der Waals surface area (Å²) in [6.07, 6.45) is 2.30. The van der Waals surface area contributed by atoms with Gasteiger partial charge >= 0.3 is 5.97 Å². The van der Waals surface area contributed by atoms with Gasteiger partial charge < -0.3 is 19.3 Å². The van der Waals surface area contributed by atoms with Crippen molar-refractivity contribution in [3.63, 3.8) is 0 Å². The Hall–Kier alpha value is -3.96. The number of fused-ring (bicyclic) bond motifs is 3. The third-order valence-electron chi connectivity index (χ3n) is 6.73. The molecule has 0 unspecified atom stereocenters. The fourth-order valence-electron chi connectivity index (χ4n) is 4.90. The SMILES string of the molecule is CC#C[C@@H](CC(=O)O)c1ccc(OCc2ccc3c(c2)-c2ccc(OCCCS(C)(=O)=O)cc2CC(C)(C)O3)cc1. The van der Waals surface area contributed by atoms with Gasteiger partial charge in [0, 0.05) is 18.2 Å². The van der Waals surface area contributed by atoms with Crippen LogP contribution in [-0.2, 0) is 27.7 Å². The Balaban J connectivity index is 1.50. The van der Waals surface area contributed by atoms with Crippen molar-refractivity contribution in [3.05, 3.63) is 77.4 Å². The highest BCUT2D eigenvalue weighted by molar-refractivity contribution is 7.90. The number of hydrogen-bond acceptors (Lipinski definition) is 6. The van der Waals surface area contributed by atoms with E-state index in [1.165, 1.54) is 6.26 Å². The van der Waals surface area contributed by atoms with Crippen molar-refractivity contribution >= 4 is 15.8 Å². The van der Waals surface area contributed by atoms with Crippen LogP contribution in [0.4, 0.5) is 0 Å². The summed E-state index contributed by atoms with van der Waals surface area (Å²) in [6, 6.07) is 19.4. The molecule has 1 atom stereocenters. The van der Waals surface area contributed by atoms with Gasteiger partial charge in [0.05, 0.1) is 24.7 Å². The number of rotatable bonds is 11. The van der Waals surface area contributed by atoms with Crippen LogP contribution in [0.15, 0.2) is 60.7 Å². The summed E-state index contributed by atoms with van der Waals surface area (Å²) in [7, 11) is -3.02. The minimum absolute atomic E-state index is 0.0483. The third-order valence-corrected chi connectivity index (χ3v) is 7.76. The maximum Gasteiger partial charge on any atom is 0.304 e. The van der Waals surface area contributed by atoms with Crippen LogP contribution in [0.25, 0.3) is 11.1 Å². The molecule has 216 valence electrons. The average Bonchev–Trinajstić information content (AvgIpc) is 3.01. The van der Waals surface area contributed by atoms with E-state index in [2.05, 4.69) is 31.8 Å². The first-order valence-electron chi connectivity index (χ1n) is 13.5. The van der Waals surface area contributed by atoms with Gasteiger partial charge in [-0.05, 0) is 85.8 Å². The lowest BCUT2D eigenvalue weighted by Crippen LogP contribution is -2.30. The van der Waals surface area contributed by atoms with E-state index in [1.54, 1.807) is 6.92 Å². The molecular formula is C33H36O7S. The highest BCUT2D eigenvalue weighted by Crippen LogP contribution is 2.41. The van der Waals surface area contributed by atoms with Gasteiger partial charge in [-0.15, -0.1) is 5.92 Å². The fraction of sp³-hybridized carbons (Fsp3) is 0.364. The Morgan fingerprint density at radius 1 is 1.02 bits per heavy atom. The lowest BCUT2D eigenvalue weighted by Gasteiger charge is -2.25. The van der Waals surface area contributed by atoms with E-state index in [1.807, 2.05) is 54.6 Å². The van der Waals surface area contributed by atoms with E-state index < -0.39 is 21.4 Å². The quantitative estimate of drug-likeness (QED) is 0.219. The Kier molecular flexibility index (Phi) is 9.29. The molecule has 8 heteroatoms. The maximum atomic E-state index is 11.4. The monoisotopic (exact) mass is 576 g/mol. The molecule has 0 amide bonds. The molecule has 1 aliphatic heterocycles. The summed E-state index contributed by atoms with van der Waals surface area (Å²) in [5.41, 5.74) is 4.50. The van der Waals surface area contributed by atoms with Crippen molar-refractivity contribution in [3.8, 4) is 40.2 Å². The first-order chi connectivity index (χ1) is 19.4. The van der Waals surface area contributed by atoms with Gasteiger partial charge in [-0.3, -0.25) is 4.79 Å². The van der Waals surface area contributed by atoms with Gasteiger partial charge in [-0.2, -0.15) is 0 Å². The Morgan fingerprint density at radius 2 is 1.76 bits per heavy atom. The van der Waals surface area contributed by atoms with Gasteiger partial charge in [0.2, 0.25) is 0 Å². The molecule has 1 N–H and O–H groups in total. The van der Waals surface area contributed by atoms with Gasteiger partial charge in [0.1, 0.15) is 39.3 Å². The number of carboxylic acids is 1. The van der Waals surface area contributed by atoms with Crippen LogP contribution in [0.2, 0.25) is 0 Å². The molecule has 7 nitrogen and oxygen atoms in total. The number of carbonyl (C=O) groups is 1. The van der Waals surface area contributed by atoms with Gasteiger partial charge in [-0.1, -0.05) is 30.2 Å². The normalized spacial score (nSPS) is 14.2. The molecule has 3 aromatic rings. The van der Waals surface area contributed by atoms with Crippen molar-refractivity contribution in [1.29, 1.82) is 0 Å². The number of hydrogen-bond donors (Lipinski definition) is 1. The smallest absolute Gasteiger partial charge is 0.304 e. The number of aliphatic carboxylic acids is 1. The fourth-order valence-corrected chi connectivity index (χ4v) is 5.55.